The third-order valence-corrected chi connectivity index (χ3v) is 2.65. The Kier molecular flexibility index (Phi) is 3.23. The van der Waals surface area contributed by atoms with E-state index in [2.05, 4.69) is 4.90 Å². The van der Waals surface area contributed by atoms with Gasteiger partial charge in [-0.15, -0.1) is 0 Å². The van der Waals surface area contributed by atoms with Crippen molar-refractivity contribution in [1.82, 2.24) is 0 Å². The van der Waals surface area contributed by atoms with E-state index in [0.717, 1.165) is 29.2 Å². The zero-order valence-corrected chi connectivity index (χ0v) is 10.0. The summed E-state index contributed by atoms with van der Waals surface area (Å²) < 4.78 is 10.2. The summed E-state index contributed by atoms with van der Waals surface area (Å²) in [6.45, 7) is 0.744. The standard InChI is InChI=1S/C13H16N2O2/c1-15(8-10-5-6-17-9-10)13-7-11(16-2)3-4-12(13)14/h3-7,9H,8,14H2,1-2H3. The fourth-order valence-corrected chi connectivity index (χ4v) is 1.72. The molecule has 0 fully saturated rings. The molecule has 17 heavy (non-hydrogen) atoms. The van der Waals surface area contributed by atoms with Crippen LogP contribution >= 0.6 is 0 Å². The lowest BCUT2D eigenvalue weighted by Gasteiger charge is -2.21. The highest BCUT2D eigenvalue weighted by molar-refractivity contribution is 5.69. The number of hydrogen-bond acceptors (Lipinski definition) is 4. The van der Waals surface area contributed by atoms with Gasteiger partial charge in [0.15, 0.2) is 0 Å². The molecule has 0 aliphatic heterocycles. The van der Waals surface area contributed by atoms with Crippen molar-refractivity contribution in [2.45, 2.75) is 6.54 Å². The molecule has 1 aromatic carbocycles. The molecule has 2 N–H and O–H groups in total. The number of benzene rings is 1. The predicted octanol–water partition coefficient (Wildman–Crippen LogP) is 2.51. The van der Waals surface area contributed by atoms with E-state index in [1.807, 2.05) is 31.3 Å². The first-order valence-electron chi connectivity index (χ1n) is 5.36. The molecule has 0 spiro atoms. The van der Waals surface area contributed by atoms with Crippen LogP contribution in [-0.4, -0.2) is 14.2 Å². The summed E-state index contributed by atoms with van der Waals surface area (Å²) in [6.07, 6.45) is 3.39. The van der Waals surface area contributed by atoms with Gasteiger partial charge in [0, 0.05) is 25.2 Å². The largest absolute Gasteiger partial charge is 0.497 e. The Labute approximate surface area is 101 Å². The van der Waals surface area contributed by atoms with Crippen LogP contribution in [0.1, 0.15) is 5.56 Å². The maximum atomic E-state index is 5.95. The molecular formula is C13H16N2O2. The molecule has 1 aromatic heterocycles. The van der Waals surface area contributed by atoms with Crippen molar-refractivity contribution < 1.29 is 9.15 Å². The highest BCUT2D eigenvalue weighted by atomic mass is 16.5. The number of nitrogens with zero attached hydrogens (tertiary/aromatic N) is 1. The van der Waals surface area contributed by atoms with Crippen LogP contribution in [0.15, 0.2) is 41.2 Å². The average Bonchev–Trinajstić information content (AvgIpc) is 2.82. The van der Waals surface area contributed by atoms with E-state index in [0.29, 0.717) is 0 Å². The van der Waals surface area contributed by atoms with Crippen molar-refractivity contribution in [2.24, 2.45) is 0 Å². The molecule has 4 heteroatoms. The van der Waals surface area contributed by atoms with Gasteiger partial charge in [-0.2, -0.15) is 0 Å². The highest BCUT2D eigenvalue weighted by Gasteiger charge is 2.08. The van der Waals surface area contributed by atoms with Gasteiger partial charge in [0.05, 0.1) is 31.0 Å². The fourth-order valence-electron chi connectivity index (χ4n) is 1.72. The van der Waals surface area contributed by atoms with E-state index in [4.69, 9.17) is 14.9 Å². The molecule has 0 aliphatic carbocycles. The predicted molar refractivity (Wildman–Crippen MR) is 68.2 cm³/mol. The van der Waals surface area contributed by atoms with Crippen LogP contribution in [0.2, 0.25) is 0 Å². The van der Waals surface area contributed by atoms with Crippen LogP contribution in [0, 0.1) is 0 Å². The van der Waals surface area contributed by atoms with Crippen molar-refractivity contribution >= 4 is 11.4 Å². The smallest absolute Gasteiger partial charge is 0.121 e. The number of rotatable bonds is 4. The molecule has 2 rings (SSSR count). The molecule has 0 unspecified atom stereocenters. The Morgan fingerprint density at radius 3 is 2.82 bits per heavy atom. The van der Waals surface area contributed by atoms with Gasteiger partial charge in [-0.05, 0) is 18.2 Å². The lowest BCUT2D eigenvalue weighted by molar-refractivity contribution is 0.415. The van der Waals surface area contributed by atoms with Crippen LogP contribution in [-0.2, 0) is 6.54 Å². The topological polar surface area (TPSA) is 51.6 Å². The Morgan fingerprint density at radius 2 is 2.18 bits per heavy atom. The molecule has 2 aromatic rings. The number of ether oxygens (including phenoxy) is 1. The Balaban J connectivity index is 2.20. The van der Waals surface area contributed by atoms with E-state index >= 15 is 0 Å². The molecular weight excluding hydrogens is 216 g/mol. The first-order valence-corrected chi connectivity index (χ1v) is 5.36. The zero-order chi connectivity index (χ0) is 12.3. The van der Waals surface area contributed by atoms with Gasteiger partial charge in [0.25, 0.3) is 0 Å². The maximum absolute atomic E-state index is 5.95. The molecule has 0 radical (unpaired) electrons. The number of methoxy groups -OCH3 is 1. The van der Waals surface area contributed by atoms with Gasteiger partial charge >= 0.3 is 0 Å². The van der Waals surface area contributed by atoms with Gasteiger partial charge in [-0.3, -0.25) is 0 Å². The number of nitrogens with two attached hydrogens (primary N) is 1. The fraction of sp³-hybridized carbons (Fsp3) is 0.231. The maximum Gasteiger partial charge on any atom is 0.121 e. The van der Waals surface area contributed by atoms with Crippen LogP contribution in [0.25, 0.3) is 0 Å². The summed E-state index contributed by atoms with van der Waals surface area (Å²) >= 11 is 0. The van der Waals surface area contributed by atoms with Gasteiger partial charge < -0.3 is 19.8 Å². The van der Waals surface area contributed by atoms with Crippen molar-refractivity contribution in [3.63, 3.8) is 0 Å². The summed E-state index contributed by atoms with van der Waals surface area (Å²) in [5.74, 6) is 0.799. The number of furan rings is 1. The van der Waals surface area contributed by atoms with Crippen LogP contribution in [0.5, 0.6) is 5.75 Å². The summed E-state index contributed by atoms with van der Waals surface area (Å²) in [5, 5.41) is 0. The number of nitrogen functional groups attached to an aromatic ring is 1. The molecule has 0 aliphatic rings. The zero-order valence-electron chi connectivity index (χ0n) is 10.0. The second-order valence-electron chi connectivity index (χ2n) is 3.91. The number of anilines is 2. The lowest BCUT2D eigenvalue weighted by atomic mass is 10.2. The summed E-state index contributed by atoms with van der Waals surface area (Å²) in [5.41, 5.74) is 8.74. The van der Waals surface area contributed by atoms with Crippen molar-refractivity contribution in [3.05, 3.63) is 42.4 Å². The third kappa shape index (κ3) is 2.53. The number of hydrogen-bond donors (Lipinski definition) is 1. The minimum Gasteiger partial charge on any atom is -0.497 e. The van der Waals surface area contributed by atoms with Crippen molar-refractivity contribution in [2.75, 3.05) is 24.8 Å². The molecule has 4 nitrogen and oxygen atoms in total. The Hall–Kier alpha value is -2.10. The van der Waals surface area contributed by atoms with Crippen molar-refractivity contribution in [3.8, 4) is 5.75 Å². The van der Waals surface area contributed by atoms with E-state index in [1.54, 1.807) is 19.6 Å². The summed E-state index contributed by atoms with van der Waals surface area (Å²) in [4.78, 5) is 2.06. The minimum absolute atomic E-state index is 0.733. The Morgan fingerprint density at radius 1 is 1.35 bits per heavy atom. The highest BCUT2D eigenvalue weighted by Crippen LogP contribution is 2.28. The third-order valence-electron chi connectivity index (χ3n) is 2.65. The van der Waals surface area contributed by atoms with E-state index < -0.39 is 0 Å². The average molecular weight is 232 g/mol. The SMILES string of the molecule is COc1ccc(N)c(N(C)Cc2ccoc2)c1. The van der Waals surface area contributed by atoms with Crippen LogP contribution in [0.4, 0.5) is 11.4 Å². The van der Waals surface area contributed by atoms with E-state index in [-0.39, 0.29) is 0 Å². The monoisotopic (exact) mass is 232 g/mol. The first-order chi connectivity index (χ1) is 8.20. The molecule has 0 saturated heterocycles. The molecule has 90 valence electrons. The first kappa shape index (κ1) is 11.4. The molecule has 0 amide bonds. The van der Waals surface area contributed by atoms with Gasteiger partial charge in [-0.25, -0.2) is 0 Å². The van der Waals surface area contributed by atoms with Gasteiger partial charge in [0.2, 0.25) is 0 Å². The van der Waals surface area contributed by atoms with Crippen molar-refractivity contribution in [1.29, 1.82) is 0 Å². The van der Waals surface area contributed by atoms with E-state index in [9.17, 15) is 0 Å². The lowest BCUT2D eigenvalue weighted by Crippen LogP contribution is -2.17. The van der Waals surface area contributed by atoms with Crippen LogP contribution in [0.3, 0.4) is 0 Å². The van der Waals surface area contributed by atoms with Gasteiger partial charge in [0.1, 0.15) is 5.75 Å². The molecule has 0 bridgehead atoms. The second kappa shape index (κ2) is 4.82. The molecule has 0 saturated carbocycles. The van der Waals surface area contributed by atoms with Gasteiger partial charge in [-0.1, -0.05) is 0 Å². The second-order valence-corrected chi connectivity index (χ2v) is 3.91. The minimum atomic E-state index is 0.733. The van der Waals surface area contributed by atoms with Crippen LogP contribution < -0.4 is 15.4 Å². The quantitative estimate of drug-likeness (QED) is 0.823. The normalized spacial score (nSPS) is 10.2. The molecule has 0 atom stereocenters. The summed E-state index contributed by atoms with van der Waals surface area (Å²) in [6, 6.07) is 7.56. The van der Waals surface area contributed by atoms with E-state index in [1.165, 1.54) is 0 Å². The summed E-state index contributed by atoms with van der Waals surface area (Å²) in [7, 11) is 3.63. The Bertz CT molecular complexity index is 480. The molecule has 1 heterocycles.